The number of rotatable bonds is 1. The SMILES string of the molecule is Cl.O=C(c1cccc(C(F)(F)F)c1)N1CCNCC12CC2. The number of nitrogens with zero attached hydrogens (tertiary/aromatic N) is 1. The Labute approximate surface area is 126 Å². The molecule has 0 radical (unpaired) electrons. The molecular formula is C14H16ClF3N2O. The molecule has 1 N–H and O–H groups in total. The first-order chi connectivity index (χ1) is 9.42. The van der Waals surface area contributed by atoms with Gasteiger partial charge in [0.2, 0.25) is 0 Å². The summed E-state index contributed by atoms with van der Waals surface area (Å²) in [7, 11) is 0. The van der Waals surface area contributed by atoms with Gasteiger partial charge in [-0.2, -0.15) is 13.2 Å². The van der Waals surface area contributed by atoms with Gasteiger partial charge >= 0.3 is 6.18 Å². The van der Waals surface area contributed by atoms with Gasteiger partial charge in [0, 0.05) is 25.2 Å². The van der Waals surface area contributed by atoms with E-state index >= 15 is 0 Å². The van der Waals surface area contributed by atoms with Gasteiger partial charge < -0.3 is 10.2 Å². The summed E-state index contributed by atoms with van der Waals surface area (Å²) in [6.45, 7) is 1.97. The molecule has 0 aromatic heterocycles. The molecule has 1 heterocycles. The minimum atomic E-state index is -4.42. The minimum absolute atomic E-state index is 0. The van der Waals surface area contributed by atoms with Crippen LogP contribution in [0.5, 0.6) is 0 Å². The Morgan fingerprint density at radius 1 is 1.29 bits per heavy atom. The first kappa shape index (κ1) is 16.1. The van der Waals surface area contributed by atoms with Crippen molar-refractivity contribution < 1.29 is 18.0 Å². The molecular weight excluding hydrogens is 305 g/mol. The molecule has 1 amide bonds. The van der Waals surface area contributed by atoms with E-state index < -0.39 is 11.7 Å². The standard InChI is InChI=1S/C14H15F3N2O.ClH/c15-14(16,17)11-3-1-2-10(8-11)12(20)19-7-6-18-9-13(19)4-5-13;/h1-3,8,18H,4-7,9H2;1H. The van der Waals surface area contributed by atoms with Crippen LogP contribution in [0.2, 0.25) is 0 Å². The second-order valence-corrected chi connectivity index (χ2v) is 5.44. The lowest BCUT2D eigenvalue weighted by atomic mass is 10.1. The van der Waals surface area contributed by atoms with Gasteiger partial charge in [-0.05, 0) is 31.0 Å². The Balaban J connectivity index is 0.00000161. The van der Waals surface area contributed by atoms with Gasteiger partial charge in [0.1, 0.15) is 0 Å². The van der Waals surface area contributed by atoms with Gasteiger partial charge in [-0.3, -0.25) is 4.79 Å². The first-order valence-electron chi connectivity index (χ1n) is 6.62. The van der Waals surface area contributed by atoms with Crippen molar-refractivity contribution in [3.8, 4) is 0 Å². The highest BCUT2D eigenvalue weighted by molar-refractivity contribution is 5.95. The summed E-state index contributed by atoms with van der Waals surface area (Å²) in [4.78, 5) is 14.2. The van der Waals surface area contributed by atoms with Crippen LogP contribution in [0.4, 0.5) is 13.2 Å². The third-order valence-electron chi connectivity index (χ3n) is 4.05. The number of carbonyl (C=O) groups excluding carboxylic acids is 1. The molecule has 1 spiro atoms. The van der Waals surface area contributed by atoms with Crippen LogP contribution < -0.4 is 5.32 Å². The molecule has 1 saturated heterocycles. The highest BCUT2D eigenvalue weighted by Gasteiger charge is 2.51. The van der Waals surface area contributed by atoms with Crippen molar-refractivity contribution in [3.05, 3.63) is 35.4 Å². The number of hydrogen-bond acceptors (Lipinski definition) is 2. The average molecular weight is 321 g/mol. The van der Waals surface area contributed by atoms with Gasteiger partial charge in [0.25, 0.3) is 5.91 Å². The number of piperazine rings is 1. The largest absolute Gasteiger partial charge is 0.416 e. The summed E-state index contributed by atoms with van der Waals surface area (Å²) >= 11 is 0. The van der Waals surface area contributed by atoms with Crippen LogP contribution in [0, 0.1) is 0 Å². The molecule has 0 bridgehead atoms. The topological polar surface area (TPSA) is 32.3 Å². The fraction of sp³-hybridized carbons (Fsp3) is 0.500. The normalized spacial score (nSPS) is 20.0. The van der Waals surface area contributed by atoms with Crippen LogP contribution in [-0.4, -0.2) is 36.0 Å². The van der Waals surface area contributed by atoms with Crippen molar-refractivity contribution in [2.24, 2.45) is 0 Å². The van der Waals surface area contributed by atoms with Gasteiger partial charge in [0.05, 0.1) is 11.1 Å². The highest BCUT2D eigenvalue weighted by atomic mass is 35.5. The average Bonchev–Trinajstić information content (AvgIpc) is 3.18. The van der Waals surface area contributed by atoms with E-state index in [0.717, 1.165) is 31.5 Å². The molecule has 0 unspecified atom stereocenters. The predicted octanol–water partition coefficient (Wildman–Crippen LogP) is 2.71. The maximum atomic E-state index is 12.7. The molecule has 1 aromatic rings. The zero-order valence-electron chi connectivity index (χ0n) is 11.2. The van der Waals surface area contributed by atoms with Crippen LogP contribution in [0.3, 0.4) is 0 Å². The van der Waals surface area contributed by atoms with Crippen LogP contribution in [-0.2, 0) is 6.18 Å². The number of benzene rings is 1. The fourth-order valence-corrected chi connectivity index (χ4v) is 2.74. The van der Waals surface area contributed by atoms with E-state index in [0.29, 0.717) is 13.1 Å². The Kier molecular flexibility index (Phi) is 4.22. The quantitative estimate of drug-likeness (QED) is 0.863. The van der Waals surface area contributed by atoms with E-state index in [1.165, 1.54) is 12.1 Å². The second-order valence-electron chi connectivity index (χ2n) is 5.44. The molecule has 7 heteroatoms. The van der Waals surface area contributed by atoms with Gasteiger partial charge in [-0.15, -0.1) is 12.4 Å². The van der Waals surface area contributed by atoms with Crippen molar-refractivity contribution in [1.29, 1.82) is 0 Å². The maximum Gasteiger partial charge on any atom is 0.416 e. The van der Waals surface area contributed by atoms with Gasteiger partial charge in [-0.25, -0.2) is 0 Å². The van der Waals surface area contributed by atoms with E-state index in [4.69, 9.17) is 0 Å². The van der Waals surface area contributed by atoms with Crippen molar-refractivity contribution in [2.75, 3.05) is 19.6 Å². The predicted molar refractivity (Wildman–Crippen MR) is 74.6 cm³/mol. The molecule has 1 saturated carbocycles. The molecule has 3 nitrogen and oxygen atoms in total. The van der Waals surface area contributed by atoms with Crippen molar-refractivity contribution in [3.63, 3.8) is 0 Å². The summed E-state index contributed by atoms with van der Waals surface area (Å²) in [6, 6.07) is 4.68. The number of carbonyl (C=O) groups is 1. The Bertz CT molecular complexity index is 543. The molecule has 3 rings (SSSR count). The smallest absolute Gasteiger partial charge is 0.330 e. The Morgan fingerprint density at radius 2 is 2.00 bits per heavy atom. The lowest BCUT2D eigenvalue weighted by Crippen LogP contribution is -2.55. The van der Waals surface area contributed by atoms with Gasteiger partial charge in [-0.1, -0.05) is 6.07 Å². The molecule has 1 aliphatic carbocycles. The monoisotopic (exact) mass is 320 g/mol. The maximum absolute atomic E-state index is 12.7. The van der Waals surface area contributed by atoms with Crippen molar-refractivity contribution >= 4 is 18.3 Å². The van der Waals surface area contributed by atoms with Crippen LogP contribution in [0.1, 0.15) is 28.8 Å². The summed E-state index contributed by atoms with van der Waals surface area (Å²) in [5.74, 6) is -0.296. The Hall–Kier alpha value is -1.27. The lowest BCUT2D eigenvalue weighted by molar-refractivity contribution is -0.137. The minimum Gasteiger partial charge on any atom is -0.330 e. The fourth-order valence-electron chi connectivity index (χ4n) is 2.74. The number of alkyl halides is 3. The summed E-state index contributed by atoms with van der Waals surface area (Å²) < 4.78 is 38.1. The third kappa shape index (κ3) is 3.01. The molecule has 1 aliphatic heterocycles. The molecule has 2 fully saturated rings. The lowest BCUT2D eigenvalue weighted by Gasteiger charge is -2.37. The van der Waals surface area contributed by atoms with E-state index in [1.807, 2.05) is 0 Å². The number of halogens is 4. The zero-order chi connectivity index (χ0) is 14.4. The van der Waals surface area contributed by atoms with Crippen LogP contribution in [0.15, 0.2) is 24.3 Å². The van der Waals surface area contributed by atoms with E-state index in [2.05, 4.69) is 5.32 Å². The first-order valence-corrected chi connectivity index (χ1v) is 6.62. The number of hydrogen-bond donors (Lipinski definition) is 1. The third-order valence-corrected chi connectivity index (χ3v) is 4.05. The van der Waals surface area contributed by atoms with Crippen molar-refractivity contribution in [1.82, 2.24) is 10.2 Å². The molecule has 21 heavy (non-hydrogen) atoms. The van der Waals surface area contributed by atoms with Gasteiger partial charge in [0.15, 0.2) is 0 Å². The van der Waals surface area contributed by atoms with Crippen molar-refractivity contribution in [2.45, 2.75) is 24.6 Å². The molecule has 1 aromatic carbocycles. The second kappa shape index (κ2) is 5.50. The van der Waals surface area contributed by atoms with Crippen LogP contribution in [0.25, 0.3) is 0 Å². The van der Waals surface area contributed by atoms with Crippen LogP contribution >= 0.6 is 12.4 Å². The highest BCUT2D eigenvalue weighted by Crippen LogP contribution is 2.43. The van der Waals surface area contributed by atoms with E-state index in [1.54, 1.807) is 4.90 Å². The Morgan fingerprint density at radius 3 is 2.62 bits per heavy atom. The zero-order valence-corrected chi connectivity index (χ0v) is 12.1. The van der Waals surface area contributed by atoms with E-state index in [-0.39, 0.29) is 29.4 Å². The number of amides is 1. The van der Waals surface area contributed by atoms with E-state index in [9.17, 15) is 18.0 Å². The molecule has 116 valence electrons. The number of nitrogens with one attached hydrogen (secondary N) is 1. The summed E-state index contributed by atoms with van der Waals surface area (Å²) in [6.07, 6.45) is -2.58. The summed E-state index contributed by atoms with van der Waals surface area (Å²) in [5.41, 5.74) is -0.819. The molecule has 2 aliphatic rings. The molecule has 0 atom stereocenters. The summed E-state index contributed by atoms with van der Waals surface area (Å²) in [5, 5.41) is 3.24.